The summed E-state index contributed by atoms with van der Waals surface area (Å²) in [5.41, 5.74) is 0.172. The molecule has 0 aliphatic rings. The third kappa shape index (κ3) is 4.33. The molecule has 0 radical (unpaired) electrons. The average Bonchev–Trinajstić information content (AvgIpc) is 2.38. The van der Waals surface area contributed by atoms with E-state index in [2.05, 4.69) is 16.6 Å². The van der Waals surface area contributed by atoms with Gasteiger partial charge < -0.3 is 15.2 Å². The summed E-state index contributed by atoms with van der Waals surface area (Å²) < 4.78 is 4.98. The number of aromatic carboxylic acids is 1. The van der Waals surface area contributed by atoms with Gasteiger partial charge in [0, 0.05) is 6.07 Å². The van der Waals surface area contributed by atoms with Gasteiger partial charge in [-0.3, -0.25) is 10.1 Å². The summed E-state index contributed by atoms with van der Waals surface area (Å²) in [5.74, 6) is 1.27. The number of nitrogens with one attached hydrogen (secondary N) is 2. The van der Waals surface area contributed by atoms with Gasteiger partial charge in [0.1, 0.15) is 5.75 Å². The molecule has 6 nitrogen and oxygen atoms in total. The summed E-state index contributed by atoms with van der Waals surface area (Å²) >= 11 is 0. The zero-order valence-electron chi connectivity index (χ0n) is 10.4. The van der Waals surface area contributed by atoms with Gasteiger partial charge in [0.2, 0.25) is 5.91 Å². The quantitative estimate of drug-likeness (QED) is 0.515. The smallest absolute Gasteiger partial charge is 0.337 e. The Morgan fingerprint density at radius 3 is 2.79 bits per heavy atom. The van der Waals surface area contributed by atoms with Crippen LogP contribution in [0, 0.1) is 12.3 Å². The van der Waals surface area contributed by atoms with E-state index < -0.39 is 5.97 Å². The van der Waals surface area contributed by atoms with Crippen LogP contribution in [0.25, 0.3) is 0 Å². The van der Waals surface area contributed by atoms with Crippen LogP contribution in [0.5, 0.6) is 5.75 Å². The normalized spacial score (nSPS) is 9.47. The van der Waals surface area contributed by atoms with Crippen LogP contribution in [0.4, 0.5) is 5.69 Å². The van der Waals surface area contributed by atoms with Crippen molar-refractivity contribution in [1.29, 1.82) is 0 Å². The number of ether oxygens (including phenoxy) is 1. The van der Waals surface area contributed by atoms with Crippen molar-refractivity contribution in [3.63, 3.8) is 0 Å². The van der Waals surface area contributed by atoms with E-state index in [9.17, 15) is 9.59 Å². The molecule has 0 atom stereocenters. The van der Waals surface area contributed by atoms with E-state index >= 15 is 0 Å². The Morgan fingerprint density at radius 2 is 2.21 bits per heavy atom. The van der Waals surface area contributed by atoms with Crippen LogP contribution in [-0.2, 0) is 4.79 Å². The van der Waals surface area contributed by atoms with Crippen LogP contribution in [0.2, 0.25) is 0 Å². The number of amides is 1. The topological polar surface area (TPSA) is 87.7 Å². The second-order valence-electron chi connectivity index (χ2n) is 3.57. The molecule has 0 bridgehead atoms. The summed E-state index contributed by atoms with van der Waals surface area (Å²) in [6.07, 6.45) is 5.03. The number of terminal acetylenes is 1. The van der Waals surface area contributed by atoms with Crippen LogP contribution in [0.1, 0.15) is 10.4 Å². The van der Waals surface area contributed by atoms with Gasteiger partial charge in [-0.2, -0.15) is 0 Å². The monoisotopic (exact) mass is 262 g/mol. The van der Waals surface area contributed by atoms with Crippen molar-refractivity contribution in [2.45, 2.75) is 0 Å². The molecule has 0 spiro atoms. The summed E-state index contributed by atoms with van der Waals surface area (Å²) in [7, 11) is 1.45. The van der Waals surface area contributed by atoms with Crippen molar-refractivity contribution in [2.75, 3.05) is 25.5 Å². The minimum atomic E-state index is -1.13. The van der Waals surface area contributed by atoms with E-state index in [1.165, 1.54) is 25.3 Å². The first-order chi connectivity index (χ1) is 9.08. The molecule has 100 valence electrons. The van der Waals surface area contributed by atoms with Crippen molar-refractivity contribution in [1.82, 2.24) is 5.32 Å². The molecule has 0 heterocycles. The Kier molecular flexibility index (Phi) is 5.38. The fourth-order valence-corrected chi connectivity index (χ4v) is 1.38. The van der Waals surface area contributed by atoms with Gasteiger partial charge in [0.05, 0.1) is 31.5 Å². The van der Waals surface area contributed by atoms with Gasteiger partial charge in [0.15, 0.2) is 0 Å². The first kappa shape index (κ1) is 14.5. The van der Waals surface area contributed by atoms with Gasteiger partial charge in [0.25, 0.3) is 0 Å². The van der Waals surface area contributed by atoms with Gasteiger partial charge in [-0.1, -0.05) is 5.92 Å². The zero-order valence-corrected chi connectivity index (χ0v) is 10.4. The molecule has 3 N–H and O–H groups in total. The van der Waals surface area contributed by atoms with Crippen molar-refractivity contribution in [3.8, 4) is 18.1 Å². The number of carboxylic acid groups (broad SMARTS) is 1. The molecule has 1 rings (SSSR count). The lowest BCUT2D eigenvalue weighted by Gasteiger charge is -2.10. The van der Waals surface area contributed by atoms with E-state index in [0.717, 1.165) is 0 Å². The van der Waals surface area contributed by atoms with Gasteiger partial charge in [-0.05, 0) is 12.1 Å². The Morgan fingerprint density at radius 1 is 1.47 bits per heavy atom. The largest absolute Gasteiger partial charge is 0.497 e. The highest BCUT2D eigenvalue weighted by Gasteiger charge is 2.13. The number of anilines is 1. The number of carbonyl (C=O) groups excluding carboxylic acids is 1. The molecule has 0 aliphatic carbocycles. The summed E-state index contributed by atoms with van der Waals surface area (Å²) in [4.78, 5) is 22.6. The lowest BCUT2D eigenvalue weighted by molar-refractivity contribution is -0.115. The molecule has 6 heteroatoms. The Labute approximate surface area is 110 Å². The molecular weight excluding hydrogens is 248 g/mol. The minimum Gasteiger partial charge on any atom is -0.497 e. The number of benzene rings is 1. The molecule has 1 aromatic rings. The van der Waals surface area contributed by atoms with E-state index in [-0.39, 0.29) is 30.2 Å². The minimum absolute atomic E-state index is 0.000465. The Hall–Kier alpha value is -2.52. The fraction of sp³-hybridized carbons (Fsp3) is 0.231. The molecule has 1 aromatic carbocycles. The SMILES string of the molecule is C#CCNCC(=O)Nc1cc(OC)ccc1C(=O)O. The van der Waals surface area contributed by atoms with Crippen LogP contribution in [0.3, 0.4) is 0 Å². The predicted octanol–water partition coefficient (Wildman–Crippen LogP) is 0.555. The number of hydrogen-bond acceptors (Lipinski definition) is 4. The lowest BCUT2D eigenvalue weighted by Crippen LogP contribution is -2.28. The number of hydrogen-bond donors (Lipinski definition) is 3. The summed E-state index contributed by atoms with van der Waals surface area (Å²) in [5, 5.41) is 14.2. The van der Waals surface area contributed by atoms with Crippen molar-refractivity contribution >= 4 is 17.6 Å². The molecule has 19 heavy (non-hydrogen) atoms. The third-order valence-corrected chi connectivity index (χ3v) is 2.24. The average molecular weight is 262 g/mol. The number of carbonyl (C=O) groups is 2. The maximum Gasteiger partial charge on any atom is 0.337 e. The highest BCUT2D eigenvalue weighted by molar-refractivity contribution is 6.01. The molecular formula is C13H14N2O4. The fourth-order valence-electron chi connectivity index (χ4n) is 1.38. The van der Waals surface area contributed by atoms with Crippen LogP contribution < -0.4 is 15.4 Å². The first-order valence-corrected chi connectivity index (χ1v) is 5.44. The second-order valence-corrected chi connectivity index (χ2v) is 3.57. The van der Waals surface area contributed by atoms with E-state index in [4.69, 9.17) is 16.3 Å². The number of rotatable bonds is 6. The number of carboxylic acids is 1. The molecule has 0 unspecified atom stereocenters. The highest BCUT2D eigenvalue weighted by atomic mass is 16.5. The molecule has 1 amide bonds. The van der Waals surface area contributed by atoms with E-state index in [0.29, 0.717) is 5.75 Å². The Bertz CT molecular complexity index is 520. The maximum atomic E-state index is 11.6. The van der Waals surface area contributed by atoms with E-state index in [1.807, 2.05) is 0 Å². The second kappa shape index (κ2) is 7.03. The first-order valence-electron chi connectivity index (χ1n) is 5.44. The molecule has 0 fully saturated rings. The van der Waals surface area contributed by atoms with Crippen LogP contribution >= 0.6 is 0 Å². The molecule has 0 aromatic heterocycles. The van der Waals surface area contributed by atoms with Crippen molar-refractivity contribution in [3.05, 3.63) is 23.8 Å². The van der Waals surface area contributed by atoms with Gasteiger partial charge in [-0.25, -0.2) is 4.79 Å². The molecule has 0 aliphatic heterocycles. The van der Waals surface area contributed by atoms with Crippen molar-refractivity contribution < 1.29 is 19.4 Å². The Balaban J connectivity index is 2.83. The maximum absolute atomic E-state index is 11.6. The summed E-state index contributed by atoms with van der Waals surface area (Å²) in [6, 6.07) is 4.32. The zero-order chi connectivity index (χ0) is 14.3. The highest BCUT2D eigenvalue weighted by Crippen LogP contribution is 2.22. The third-order valence-electron chi connectivity index (χ3n) is 2.24. The standard InChI is InChI=1S/C13H14N2O4/c1-3-6-14-8-12(16)15-11-7-9(19-2)4-5-10(11)13(17)18/h1,4-5,7,14H,6,8H2,2H3,(H,15,16)(H,17,18). The molecule has 0 saturated carbocycles. The van der Waals surface area contributed by atoms with Gasteiger partial charge >= 0.3 is 5.97 Å². The van der Waals surface area contributed by atoms with Gasteiger partial charge in [-0.15, -0.1) is 6.42 Å². The lowest BCUT2D eigenvalue weighted by atomic mass is 10.1. The van der Waals surface area contributed by atoms with E-state index in [1.54, 1.807) is 0 Å². The van der Waals surface area contributed by atoms with Crippen LogP contribution in [-0.4, -0.2) is 37.2 Å². The molecule has 0 saturated heterocycles. The predicted molar refractivity (Wildman–Crippen MR) is 70.3 cm³/mol. The van der Waals surface area contributed by atoms with Crippen LogP contribution in [0.15, 0.2) is 18.2 Å². The summed E-state index contributed by atoms with van der Waals surface area (Å²) in [6.45, 7) is 0.262. The van der Waals surface area contributed by atoms with Crippen molar-refractivity contribution in [2.24, 2.45) is 0 Å². The number of methoxy groups -OCH3 is 1.